The maximum Gasteiger partial charge on any atom is 0.0798 e. The van der Waals surface area contributed by atoms with E-state index in [1.165, 1.54) is 6.42 Å². The zero-order valence-corrected chi connectivity index (χ0v) is 11.1. The minimum Gasteiger partial charge on any atom is -0.388 e. The molecule has 0 spiro atoms. The van der Waals surface area contributed by atoms with Gasteiger partial charge in [0.15, 0.2) is 0 Å². The Kier molecular flexibility index (Phi) is 5.73. The van der Waals surface area contributed by atoms with Crippen molar-refractivity contribution < 1.29 is 5.11 Å². The van der Waals surface area contributed by atoms with Gasteiger partial charge in [-0.1, -0.05) is 13.8 Å². The molecular weight excluding hydrogens is 200 g/mol. The summed E-state index contributed by atoms with van der Waals surface area (Å²) in [5.41, 5.74) is -0.486. The summed E-state index contributed by atoms with van der Waals surface area (Å²) in [4.78, 5) is 0. The molecule has 0 aliphatic heterocycles. The van der Waals surface area contributed by atoms with Crippen LogP contribution in [0.4, 0.5) is 0 Å². The van der Waals surface area contributed by atoms with Gasteiger partial charge in [-0.15, -0.1) is 0 Å². The van der Waals surface area contributed by atoms with Gasteiger partial charge in [-0.3, -0.25) is 0 Å². The SMILES string of the molecule is CCCNC1CCC(O)(C(C)NCC)CC1. The molecule has 0 aromatic rings. The predicted octanol–water partition coefficient (Wildman–Crippen LogP) is 1.66. The molecule has 0 amide bonds. The van der Waals surface area contributed by atoms with Crippen LogP contribution in [0.3, 0.4) is 0 Å². The largest absolute Gasteiger partial charge is 0.388 e. The summed E-state index contributed by atoms with van der Waals surface area (Å²) in [5.74, 6) is 0. The maximum absolute atomic E-state index is 10.5. The van der Waals surface area contributed by atoms with E-state index in [4.69, 9.17) is 0 Å². The minimum absolute atomic E-state index is 0.213. The van der Waals surface area contributed by atoms with E-state index in [1.54, 1.807) is 0 Å². The Balaban J connectivity index is 2.34. The molecule has 3 heteroatoms. The van der Waals surface area contributed by atoms with E-state index in [0.29, 0.717) is 6.04 Å². The summed E-state index contributed by atoms with van der Waals surface area (Å²) in [6, 6.07) is 0.832. The number of nitrogens with one attached hydrogen (secondary N) is 2. The van der Waals surface area contributed by atoms with Crippen molar-refractivity contribution in [3.8, 4) is 0 Å². The number of rotatable bonds is 6. The van der Waals surface area contributed by atoms with Crippen LogP contribution in [0.5, 0.6) is 0 Å². The van der Waals surface area contributed by atoms with Gasteiger partial charge in [-0.25, -0.2) is 0 Å². The third-order valence-electron chi connectivity index (χ3n) is 3.85. The van der Waals surface area contributed by atoms with Gasteiger partial charge in [-0.05, 0) is 52.1 Å². The molecule has 16 heavy (non-hydrogen) atoms. The van der Waals surface area contributed by atoms with Crippen LogP contribution in [0.15, 0.2) is 0 Å². The highest BCUT2D eigenvalue weighted by molar-refractivity contribution is 4.94. The van der Waals surface area contributed by atoms with Gasteiger partial charge in [0.05, 0.1) is 5.60 Å². The lowest BCUT2D eigenvalue weighted by molar-refractivity contribution is -0.0308. The monoisotopic (exact) mass is 228 g/mol. The van der Waals surface area contributed by atoms with E-state index in [9.17, 15) is 5.11 Å². The van der Waals surface area contributed by atoms with Gasteiger partial charge >= 0.3 is 0 Å². The van der Waals surface area contributed by atoms with Gasteiger partial charge in [-0.2, -0.15) is 0 Å². The quantitative estimate of drug-likeness (QED) is 0.648. The van der Waals surface area contributed by atoms with Crippen molar-refractivity contribution in [2.24, 2.45) is 0 Å². The zero-order valence-electron chi connectivity index (χ0n) is 11.1. The second kappa shape index (κ2) is 6.58. The van der Waals surface area contributed by atoms with E-state index in [-0.39, 0.29) is 6.04 Å². The second-order valence-electron chi connectivity index (χ2n) is 5.11. The van der Waals surface area contributed by atoms with Crippen molar-refractivity contribution in [2.75, 3.05) is 13.1 Å². The lowest BCUT2D eigenvalue weighted by atomic mass is 9.78. The van der Waals surface area contributed by atoms with Crippen LogP contribution in [0.25, 0.3) is 0 Å². The summed E-state index contributed by atoms with van der Waals surface area (Å²) >= 11 is 0. The molecule has 3 nitrogen and oxygen atoms in total. The molecule has 1 aliphatic rings. The third-order valence-corrected chi connectivity index (χ3v) is 3.85. The van der Waals surface area contributed by atoms with Crippen LogP contribution < -0.4 is 10.6 Å². The molecule has 1 fully saturated rings. The molecule has 0 aromatic heterocycles. The molecule has 1 aliphatic carbocycles. The fourth-order valence-electron chi connectivity index (χ4n) is 2.60. The first kappa shape index (κ1) is 13.9. The highest BCUT2D eigenvalue weighted by Crippen LogP contribution is 2.31. The van der Waals surface area contributed by atoms with Gasteiger partial charge < -0.3 is 15.7 Å². The summed E-state index contributed by atoms with van der Waals surface area (Å²) in [6.45, 7) is 8.42. The Hall–Kier alpha value is -0.120. The van der Waals surface area contributed by atoms with Crippen molar-refractivity contribution in [3.05, 3.63) is 0 Å². The molecule has 96 valence electrons. The molecule has 0 aromatic carbocycles. The number of hydrogen-bond acceptors (Lipinski definition) is 3. The van der Waals surface area contributed by atoms with Crippen LogP contribution in [-0.4, -0.2) is 35.9 Å². The lowest BCUT2D eigenvalue weighted by Crippen LogP contribution is -2.53. The van der Waals surface area contributed by atoms with Crippen LogP contribution in [-0.2, 0) is 0 Å². The Morgan fingerprint density at radius 2 is 1.94 bits per heavy atom. The Morgan fingerprint density at radius 3 is 2.44 bits per heavy atom. The third kappa shape index (κ3) is 3.72. The first-order valence-electron chi connectivity index (χ1n) is 6.81. The fourth-order valence-corrected chi connectivity index (χ4v) is 2.60. The van der Waals surface area contributed by atoms with Crippen LogP contribution >= 0.6 is 0 Å². The van der Waals surface area contributed by atoms with Gasteiger partial charge in [0.2, 0.25) is 0 Å². The van der Waals surface area contributed by atoms with E-state index < -0.39 is 5.60 Å². The topological polar surface area (TPSA) is 44.3 Å². The van der Waals surface area contributed by atoms with E-state index in [2.05, 4.69) is 31.4 Å². The van der Waals surface area contributed by atoms with Crippen LogP contribution in [0, 0.1) is 0 Å². The van der Waals surface area contributed by atoms with Crippen molar-refractivity contribution in [3.63, 3.8) is 0 Å². The highest BCUT2D eigenvalue weighted by atomic mass is 16.3. The summed E-state index contributed by atoms with van der Waals surface area (Å²) < 4.78 is 0. The van der Waals surface area contributed by atoms with Gasteiger partial charge in [0, 0.05) is 12.1 Å². The number of hydrogen-bond donors (Lipinski definition) is 3. The molecule has 1 rings (SSSR count). The molecular formula is C13H28N2O. The van der Waals surface area contributed by atoms with E-state index >= 15 is 0 Å². The second-order valence-corrected chi connectivity index (χ2v) is 5.11. The average molecular weight is 228 g/mol. The van der Waals surface area contributed by atoms with Crippen LogP contribution in [0.2, 0.25) is 0 Å². The minimum atomic E-state index is -0.486. The smallest absolute Gasteiger partial charge is 0.0798 e. The zero-order chi connectivity index (χ0) is 12.0. The molecule has 0 bridgehead atoms. The van der Waals surface area contributed by atoms with Gasteiger partial charge in [0.1, 0.15) is 0 Å². The Labute approximate surface area is 100 Å². The number of aliphatic hydroxyl groups is 1. The van der Waals surface area contributed by atoms with Crippen molar-refractivity contribution in [2.45, 2.75) is 70.6 Å². The maximum atomic E-state index is 10.5. The molecule has 1 saturated carbocycles. The summed E-state index contributed by atoms with van der Waals surface area (Å²) in [7, 11) is 0. The van der Waals surface area contributed by atoms with Crippen molar-refractivity contribution >= 4 is 0 Å². The van der Waals surface area contributed by atoms with Crippen LogP contribution in [0.1, 0.15) is 52.9 Å². The van der Waals surface area contributed by atoms with Crippen molar-refractivity contribution in [1.29, 1.82) is 0 Å². The molecule has 1 atom stereocenters. The first-order valence-corrected chi connectivity index (χ1v) is 6.81. The Bertz CT molecular complexity index is 188. The Morgan fingerprint density at radius 1 is 1.31 bits per heavy atom. The molecule has 3 N–H and O–H groups in total. The van der Waals surface area contributed by atoms with E-state index in [0.717, 1.165) is 38.8 Å². The number of likely N-dealkylation sites (N-methyl/N-ethyl adjacent to an activating group) is 1. The van der Waals surface area contributed by atoms with Crippen molar-refractivity contribution in [1.82, 2.24) is 10.6 Å². The molecule has 0 radical (unpaired) electrons. The summed E-state index contributed by atoms with van der Waals surface area (Å²) in [5, 5.41) is 17.4. The first-order chi connectivity index (χ1) is 7.62. The predicted molar refractivity (Wildman–Crippen MR) is 68.6 cm³/mol. The van der Waals surface area contributed by atoms with Gasteiger partial charge in [0.25, 0.3) is 0 Å². The van der Waals surface area contributed by atoms with E-state index in [1.807, 2.05) is 0 Å². The molecule has 1 unspecified atom stereocenters. The molecule has 0 saturated heterocycles. The lowest BCUT2D eigenvalue weighted by Gasteiger charge is -2.40. The fraction of sp³-hybridized carbons (Fsp3) is 1.00. The standard InChI is InChI=1S/C13H28N2O/c1-4-10-15-12-6-8-13(16,9-7-12)11(3)14-5-2/h11-12,14-16H,4-10H2,1-3H3. The normalized spacial score (nSPS) is 32.6. The molecule has 0 heterocycles. The average Bonchev–Trinajstić information content (AvgIpc) is 2.29. The highest BCUT2D eigenvalue weighted by Gasteiger charge is 2.37. The summed E-state index contributed by atoms with van der Waals surface area (Å²) in [6.07, 6.45) is 5.23.